The van der Waals surface area contributed by atoms with Gasteiger partial charge in [0.2, 0.25) is 0 Å². The van der Waals surface area contributed by atoms with Gasteiger partial charge in [-0.1, -0.05) is 0 Å². The highest BCUT2D eigenvalue weighted by Gasteiger charge is 2.19. The highest BCUT2D eigenvalue weighted by molar-refractivity contribution is 5.86. The van der Waals surface area contributed by atoms with Crippen LogP contribution in [-0.4, -0.2) is 32.7 Å². The molecule has 0 atom stereocenters. The van der Waals surface area contributed by atoms with E-state index in [1.54, 1.807) is 6.20 Å². The molecule has 5 rings (SSSR count). The van der Waals surface area contributed by atoms with E-state index in [1.165, 1.54) is 10.2 Å². The third kappa shape index (κ3) is 2.73. The summed E-state index contributed by atoms with van der Waals surface area (Å²) in [6.45, 7) is 2.11. The predicted octanol–water partition coefficient (Wildman–Crippen LogP) is 2.71. The molecule has 5 N–H and O–H groups in total. The molecule has 140 valence electrons. The minimum absolute atomic E-state index is 0.511. The topological polar surface area (TPSA) is 120 Å². The molecule has 0 unspecified atom stereocenters. The summed E-state index contributed by atoms with van der Waals surface area (Å²) in [5.74, 6) is 7.12. The molecular formula is C20H20N8. The highest BCUT2D eigenvalue weighted by Crippen LogP contribution is 2.31. The molecule has 8 heteroatoms. The van der Waals surface area contributed by atoms with Crippen LogP contribution in [0, 0.1) is 11.3 Å². The lowest BCUT2D eigenvalue weighted by molar-refractivity contribution is 0.462. The third-order valence-electron chi connectivity index (χ3n) is 5.39. The van der Waals surface area contributed by atoms with Crippen molar-refractivity contribution in [3.63, 3.8) is 0 Å². The predicted molar refractivity (Wildman–Crippen MR) is 109 cm³/mol. The van der Waals surface area contributed by atoms with E-state index in [0.717, 1.165) is 48.0 Å². The van der Waals surface area contributed by atoms with Crippen LogP contribution in [0.5, 0.6) is 0 Å². The van der Waals surface area contributed by atoms with E-state index in [4.69, 9.17) is 10.8 Å². The summed E-state index contributed by atoms with van der Waals surface area (Å²) in [7, 11) is 0. The molecule has 0 bridgehead atoms. The van der Waals surface area contributed by atoms with Crippen LogP contribution in [0.1, 0.15) is 29.9 Å². The summed E-state index contributed by atoms with van der Waals surface area (Å²) in [4.78, 5) is 12.6. The van der Waals surface area contributed by atoms with Crippen molar-refractivity contribution in [1.82, 2.24) is 24.9 Å². The van der Waals surface area contributed by atoms with E-state index < -0.39 is 0 Å². The van der Waals surface area contributed by atoms with Gasteiger partial charge >= 0.3 is 0 Å². The minimum Gasteiger partial charge on any atom is -0.359 e. The standard InChI is InChI=1S/C20H20N8/c21-8-13-11-28(22)20-15(13)1-2-18(27-20)26-14-7-17-19(25-9-14)16(10-24-17)12-3-5-23-6-4-12/h1-2,7,9-12,23-24H,3-6,22H2,(H,26,27). The van der Waals surface area contributed by atoms with Gasteiger partial charge in [-0.15, -0.1) is 0 Å². The molecule has 0 aromatic carbocycles. The Morgan fingerprint density at radius 1 is 1.29 bits per heavy atom. The van der Waals surface area contributed by atoms with Gasteiger partial charge < -0.3 is 21.5 Å². The summed E-state index contributed by atoms with van der Waals surface area (Å²) < 4.78 is 1.37. The number of nitrogens with one attached hydrogen (secondary N) is 3. The molecular weight excluding hydrogens is 352 g/mol. The number of fused-ring (bicyclic) bond motifs is 2. The quantitative estimate of drug-likeness (QED) is 0.410. The number of rotatable bonds is 3. The van der Waals surface area contributed by atoms with Gasteiger partial charge in [0.05, 0.1) is 28.5 Å². The zero-order valence-electron chi connectivity index (χ0n) is 15.2. The molecule has 4 aromatic rings. The fourth-order valence-electron chi connectivity index (χ4n) is 3.97. The van der Waals surface area contributed by atoms with E-state index in [9.17, 15) is 5.26 Å². The SMILES string of the molecule is N#Cc1cn(N)c2nc(Nc3cnc4c(C5CCNCC5)c[nH]c4c3)ccc12. The van der Waals surface area contributed by atoms with Gasteiger partial charge in [-0.3, -0.25) is 9.66 Å². The molecule has 0 aliphatic carbocycles. The van der Waals surface area contributed by atoms with Crippen molar-refractivity contribution in [1.29, 1.82) is 5.26 Å². The number of hydrogen-bond donors (Lipinski definition) is 4. The Bertz CT molecular complexity index is 1210. The molecule has 1 aliphatic rings. The number of aromatic nitrogens is 4. The van der Waals surface area contributed by atoms with E-state index in [-0.39, 0.29) is 0 Å². The zero-order chi connectivity index (χ0) is 19.1. The zero-order valence-corrected chi connectivity index (χ0v) is 15.2. The number of hydrogen-bond acceptors (Lipinski definition) is 6. The molecule has 0 radical (unpaired) electrons. The number of aromatic amines is 1. The van der Waals surface area contributed by atoms with Crippen LogP contribution in [0.15, 0.2) is 36.8 Å². The smallest absolute Gasteiger partial charge is 0.161 e. The summed E-state index contributed by atoms with van der Waals surface area (Å²) in [5.41, 5.74) is 5.25. The Kier molecular flexibility index (Phi) is 3.88. The molecule has 0 spiro atoms. The average molecular weight is 372 g/mol. The number of nitrogens with two attached hydrogens (primary N) is 1. The van der Waals surface area contributed by atoms with Gasteiger partial charge in [0.25, 0.3) is 0 Å². The molecule has 1 fully saturated rings. The van der Waals surface area contributed by atoms with Gasteiger partial charge in [-0.2, -0.15) is 5.26 Å². The Morgan fingerprint density at radius 3 is 2.96 bits per heavy atom. The van der Waals surface area contributed by atoms with Crippen LogP contribution in [0.2, 0.25) is 0 Å². The Hall–Kier alpha value is -3.57. The van der Waals surface area contributed by atoms with Gasteiger partial charge in [0.1, 0.15) is 11.9 Å². The van der Waals surface area contributed by atoms with E-state index in [0.29, 0.717) is 22.9 Å². The van der Waals surface area contributed by atoms with Crippen LogP contribution in [0.4, 0.5) is 11.5 Å². The van der Waals surface area contributed by atoms with Crippen molar-refractivity contribution < 1.29 is 0 Å². The Balaban J connectivity index is 1.44. The molecule has 1 aliphatic heterocycles. The monoisotopic (exact) mass is 372 g/mol. The van der Waals surface area contributed by atoms with Crippen molar-refractivity contribution in [2.75, 3.05) is 24.2 Å². The number of nitrogens with zero attached hydrogens (tertiary/aromatic N) is 4. The number of H-pyrrole nitrogens is 1. The first-order valence-electron chi connectivity index (χ1n) is 9.35. The molecule has 28 heavy (non-hydrogen) atoms. The summed E-state index contributed by atoms with van der Waals surface area (Å²) in [6, 6.07) is 7.86. The second-order valence-corrected chi connectivity index (χ2v) is 7.14. The first-order chi connectivity index (χ1) is 13.7. The first-order valence-corrected chi connectivity index (χ1v) is 9.35. The van der Waals surface area contributed by atoms with Crippen LogP contribution in [0.25, 0.3) is 22.1 Å². The van der Waals surface area contributed by atoms with Gasteiger partial charge in [0.15, 0.2) is 5.65 Å². The first kappa shape index (κ1) is 16.6. The molecule has 4 aromatic heterocycles. The Morgan fingerprint density at radius 2 is 2.14 bits per heavy atom. The fraction of sp³-hybridized carbons (Fsp3) is 0.250. The third-order valence-corrected chi connectivity index (χ3v) is 5.39. The lowest BCUT2D eigenvalue weighted by Gasteiger charge is -2.21. The van der Waals surface area contributed by atoms with Gasteiger partial charge in [-0.05, 0) is 55.6 Å². The van der Waals surface area contributed by atoms with E-state index in [2.05, 4.69) is 32.9 Å². The lowest BCUT2D eigenvalue weighted by Crippen LogP contribution is -2.26. The van der Waals surface area contributed by atoms with Crippen molar-refractivity contribution in [3.8, 4) is 6.07 Å². The summed E-state index contributed by atoms with van der Waals surface area (Å²) in [5, 5.41) is 16.6. The van der Waals surface area contributed by atoms with Crippen molar-refractivity contribution >= 4 is 33.6 Å². The number of piperidine rings is 1. The van der Waals surface area contributed by atoms with Crippen molar-refractivity contribution in [3.05, 3.63) is 47.9 Å². The summed E-state index contributed by atoms with van der Waals surface area (Å²) >= 11 is 0. The number of nitrogen functional groups attached to an aromatic ring is 1. The molecule has 1 saturated heterocycles. The molecule has 0 amide bonds. The number of anilines is 2. The normalized spacial score (nSPS) is 15.1. The number of nitriles is 1. The highest BCUT2D eigenvalue weighted by atomic mass is 15.3. The maximum atomic E-state index is 9.17. The molecule has 8 nitrogen and oxygen atoms in total. The maximum Gasteiger partial charge on any atom is 0.161 e. The molecule has 0 saturated carbocycles. The van der Waals surface area contributed by atoms with Crippen molar-refractivity contribution in [2.45, 2.75) is 18.8 Å². The van der Waals surface area contributed by atoms with Crippen LogP contribution >= 0.6 is 0 Å². The largest absolute Gasteiger partial charge is 0.359 e. The van der Waals surface area contributed by atoms with Crippen LogP contribution in [-0.2, 0) is 0 Å². The molecule has 5 heterocycles. The van der Waals surface area contributed by atoms with E-state index >= 15 is 0 Å². The second kappa shape index (κ2) is 6.55. The van der Waals surface area contributed by atoms with Gasteiger partial charge in [0, 0.05) is 17.8 Å². The average Bonchev–Trinajstić information content (AvgIpc) is 3.29. The van der Waals surface area contributed by atoms with Crippen LogP contribution in [0.3, 0.4) is 0 Å². The fourth-order valence-corrected chi connectivity index (χ4v) is 3.97. The number of pyridine rings is 2. The maximum absolute atomic E-state index is 9.17. The van der Waals surface area contributed by atoms with Crippen molar-refractivity contribution in [2.24, 2.45) is 0 Å². The Labute approximate surface area is 161 Å². The minimum atomic E-state index is 0.511. The lowest BCUT2D eigenvalue weighted by atomic mass is 9.91. The van der Waals surface area contributed by atoms with Gasteiger partial charge in [-0.25, -0.2) is 4.98 Å². The van der Waals surface area contributed by atoms with E-state index in [1.807, 2.05) is 24.4 Å². The van der Waals surface area contributed by atoms with Crippen LogP contribution < -0.4 is 16.5 Å². The second-order valence-electron chi connectivity index (χ2n) is 7.14. The summed E-state index contributed by atoms with van der Waals surface area (Å²) in [6.07, 6.45) is 7.78.